The second-order valence-electron chi connectivity index (χ2n) is 4.57. The summed E-state index contributed by atoms with van der Waals surface area (Å²) in [4.78, 5) is 5.51. The van der Waals surface area contributed by atoms with Crippen molar-refractivity contribution in [3.63, 3.8) is 0 Å². The molecule has 0 unspecified atom stereocenters. The minimum Gasteiger partial charge on any atom is -0.317 e. The maximum absolute atomic E-state index is 4.16. The molecular formula is C14H15BrN2S. The summed E-state index contributed by atoms with van der Waals surface area (Å²) in [6.45, 7) is 2.29. The number of hydrogen-bond acceptors (Lipinski definition) is 3. The van der Waals surface area contributed by atoms with Crippen molar-refractivity contribution in [2.75, 3.05) is 13.1 Å². The van der Waals surface area contributed by atoms with Gasteiger partial charge in [0.2, 0.25) is 0 Å². The number of hydrogen-bond donors (Lipinski definition) is 1. The van der Waals surface area contributed by atoms with Gasteiger partial charge in [-0.15, -0.1) is 11.8 Å². The third kappa shape index (κ3) is 2.71. The van der Waals surface area contributed by atoms with Crippen LogP contribution in [0, 0.1) is 0 Å². The molecular weight excluding hydrogens is 308 g/mol. The molecule has 18 heavy (non-hydrogen) atoms. The highest BCUT2D eigenvalue weighted by molar-refractivity contribution is 9.10. The number of pyridine rings is 1. The Labute approximate surface area is 120 Å². The number of nitrogens with zero attached hydrogens (tertiary/aromatic N) is 1. The fraction of sp³-hybridized carbons (Fsp3) is 0.357. The molecule has 2 nitrogen and oxygen atoms in total. The summed E-state index contributed by atoms with van der Waals surface area (Å²) in [5, 5.41) is 6.61. The average molecular weight is 323 g/mol. The summed E-state index contributed by atoms with van der Waals surface area (Å²) in [5.41, 5.74) is 0. The summed E-state index contributed by atoms with van der Waals surface area (Å²) in [6.07, 6.45) is 6.28. The Hall–Kier alpha value is -0.580. The van der Waals surface area contributed by atoms with E-state index in [4.69, 9.17) is 0 Å². The summed E-state index contributed by atoms with van der Waals surface area (Å²) in [5.74, 6) is 0. The van der Waals surface area contributed by atoms with E-state index < -0.39 is 0 Å². The highest BCUT2D eigenvalue weighted by atomic mass is 79.9. The molecule has 1 fully saturated rings. The van der Waals surface area contributed by atoms with Crippen LogP contribution in [0.1, 0.15) is 12.8 Å². The van der Waals surface area contributed by atoms with E-state index in [0.717, 1.165) is 18.3 Å². The molecule has 1 aromatic heterocycles. The largest absolute Gasteiger partial charge is 0.317 e. The minimum absolute atomic E-state index is 0.738. The van der Waals surface area contributed by atoms with E-state index in [1.165, 1.54) is 33.0 Å². The van der Waals surface area contributed by atoms with Gasteiger partial charge >= 0.3 is 0 Å². The lowest BCUT2D eigenvalue weighted by Gasteiger charge is -2.22. The molecule has 4 heteroatoms. The van der Waals surface area contributed by atoms with E-state index >= 15 is 0 Å². The van der Waals surface area contributed by atoms with Crippen LogP contribution in [0.4, 0.5) is 0 Å². The fourth-order valence-corrected chi connectivity index (χ4v) is 4.11. The molecule has 1 aromatic carbocycles. The summed E-state index contributed by atoms with van der Waals surface area (Å²) < 4.78 is 1.19. The zero-order valence-corrected chi connectivity index (χ0v) is 12.4. The molecule has 0 spiro atoms. The number of nitrogens with one attached hydrogen (secondary N) is 1. The number of benzene rings is 1. The number of piperidine rings is 1. The highest BCUT2D eigenvalue weighted by Gasteiger charge is 2.15. The Balaban J connectivity index is 1.88. The monoisotopic (exact) mass is 322 g/mol. The maximum atomic E-state index is 4.16. The predicted molar refractivity (Wildman–Crippen MR) is 81.2 cm³/mol. The van der Waals surface area contributed by atoms with Gasteiger partial charge in [0, 0.05) is 32.4 Å². The third-order valence-corrected chi connectivity index (χ3v) is 5.59. The van der Waals surface area contributed by atoms with Gasteiger partial charge in [-0.1, -0.05) is 0 Å². The normalized spacial score (nSPS) is 17.2. The third-order valence-electron chi connectivity index (χ3n) is 3.27. The van der Waals surface area contributed by atoms with Gasteiger partial charge in [0.05, 0.1) is 0 Å². The van der Waals surface area contributed by atoms with Crippen LogP contribution in [-0.2, 0) is 0 Å². The molecule has 1 aliphatic heterocycles. The second-order valence-corrected chi connectivity index (χ2v) is 6.77. The van der Waals surface area contributed by atoms with Gasteiger partial charge in [-0.25, -0.2) is 0 Å². The van der Waals surface area contributed by atoms with Gasteiger partial charge in [0.15, 0.2) is 0 Å². The molecule has 2 aromatic rings. The Morgan fingerprint density at radius 2 is 2.06 bits per heavy atom. The van der Waals surface area contributed by atoms with Gasteiger partial charge in [-0.05, 0) is 65.4 Å². The van der Waals surface area contributed by atoms with E-state index in [9.17, 15) is 0 Å². The molecule has 1 N–H and O–H groups in total. The van der Waals surface area contributed by atoms with Crippen LogP contribution < -0.4 is 5.32 Å². The Morgan fingerprint density at radius 1 is 1.22 bits per heavy atom. The number of aromatic nitrogens is 1. The Kier molecular flexibility index (Phi) is 3.87. The SMILES string of the molecule is Brc1cc2cnccc2cc1SC1CCNCC1. The van der Waals surface area contributed by atoms with Gasteiger partial charge in [-0.3, -0.25) is 4.98 Å². The van der Waals surface area contributed by atoms with Crippen molar-refractivity contribution in [3.05, 3.63) is 35.1 Å². The first-order valence-corrected chi connectivity index (χ1v) is 7.91. The average Bonchev–Trinajstić information content (AvgIpc) is 2.41. The summed E-state index contributed by atoms with van der Waals surface area (Å²) in [7, 11) is 0. The van der Waals surface area contributed by atoms with Crippen molar-refractivity contribution >= 4 is 38.5 Å². The molecule has 0 radical (unpaired) electrons. The standard InChI is InChI=1S/C14H15BrN2S/c15-13-7-11-9-17-4-1-10(11)8-14(13)18-12-2-5-16-6-3-12/h1,4,7-9,12,16H,2-3,5-6H2. The van der Waals surface area contributed by atoms with Crippen LogP contribution in [-0.4, -0.2) is 23.3 Å². The van der Waals surface area contributed by atoms with Gasteiger partial charge < -0.3 is 5.32 Å². The fourth-order valence-electron chi connectivity index (χ4n) is 2.27. The molecule has 0 atom stereocenters. The molecule has 0 amide bonds. The van der Waals surface area contributed by atoms with Crippen molar-refractivity contribution in [2.45, 2.75) is 23.0 Å². The van der Waals surface area contributed by atoms with Crippen molar-refractivity contribution in [1.82, 2.24) is 10.3 Å². The summed E-state index contributed by atoms with van der Waals surface area (Å²) in [6, 6.07) is 6.52. The molecule has 2 heterocycles. The molecule has 3 rings (SSSR count). The molecule has 0 bridgehead atoms. The summed E-state index contributed by atoms with van der Waals surface area (Å²) >= 11 is 5.68. The van der Waals surface area contributed by atoms with Crippen molar-refractivity contribution < 1.29 is 0 Å². The van der Waals surface area contributed by atoms with E-state index in [1.807, 2.05) is 24.2 Å². The first kappa shape index (κ1) is 12.5. The van der Waals surface area contributed by atoms with Gasteiger partial charge in [0.25, 0.3) is 0 Å². The molecule has 94 valence electrons. The highest BCUT2D eigenvalue weighted by Crippen LogP contribution is 2.36. The molecule has 0 saturated carbocycles. The Morgan fingerprint density at radius 3 is 2.89 bits per heavy atom. The van der Waals surface area contributed by atoms with Crippen LogP contribution >= 0.6 is 27.7 Å². The quantitative estimate of drug-likeness (QED) is 0.909. The minimum atomic E-state index is 0.738. The van der Waals surface area contributed by atoms with E-state index in [1.54, 1.807) is 0 Å². The number of rotatable bonds is 2. The smallest absolute Gasteiger partial charge is 0.0346 e. The van der Waals surface area contributed by atoms with Gasteiger partial charge in [0.1, 0.15) is 0 Å². The number of thioether (sulfide) groups is 1. The van der Waals surface area contributed by atoms with Crippen LogP contribution in [0.25, 0.3) is 10.8 Å². The maximum Gasteiger partial charge on any atom is 0.0346 e. The molecule has 1 saturated heterocycles. The lowest BCUT2D eigenvalue weighted by molar-refractivity contribution is 0.531. The van der Waals surface area contributed by atoms with E-state index in [2.05, 4.69) is 44.4 Å². The van der Waals surface area contributed by atoms with E-state index in [0.29, 0.717) is 0 Å². The Bertz CT molecular complexity index is 552. The lowest BCUT2D eigenvalue weighted by atomic mass is 10.2. The predicted octanol–water partition coefficient (Wildman–Crippen LogP) is 3.84. The number of halogens is 1. The van der Waals surface area contributed by atoms with Crippen molar-refractivity contribution in [3.8, 4) is 0 Å². The molecule has 0 aliphatic carbocycles. The topological polar surface area (TPSA) is 24.9 Å². The van der Waals surface area contributed by atoms with Crippen LogP contribution in [0.15, 0.2) is 40.0 Å². The second kappa shape index (κ2) is 5.59. The van der Waals surface area contributed by atoms with Crippen LogP contribution in [0.5, 0.6) is 0 Å². The first-order valence-electron chi connectivity index (χ1n) is 6.23. The van der Waals surface area contributed by atoms with Crippen LogP contribution in [0.3, 0.4) is 0 Å². The zero-order chi connectivity index (χ0) is 12.4. The van der Waals surface area contributed by atoms with Crippen molar-refractivity contribution in [2.24, 2.45) is 0 Å². The van der Waals surface area contributed by atoms with E-state index in [-0.39, 0.29) is 0 Å². The van der Waals surface area contributed by atoms with Crippen molar-refractivity contribution in [1.29, 1.82) is 0 Å². The lowest BCUT2D eigenvalue weighted by Crippen LogP contribution is -2.29. The molecule has 1 aliphatic rings. The first-order chi connectivity index (χ1) is 8.83. The van der Waals surface area contributed by atoms with Crippen LogP contribution in [0.2, 0.25) is 0 Å². The van der Waals surface area contributed by atoms with Gasteiger partial charge in [-0.2, -0.15) is 0 Å². The number of fused-ring (bicyclic) bond motifs is 1. The zero-order valence-electron chi connectivity index (χ0n) is 10.0.